The van der Waals surface area contributed by atoms with Crippen LogP contribution in [0.4, 0.5) is 5.69 Å². The van der Waals surface area contributed by atoms with Crippen LogP contribution < -0.4 is 4.74 Å². The molecule has 2 aromatic carbocycles. The molecule has 0 bridgehead atoms. The van der Waals surface area contributed by atoms with E-state index in [1.165, 1.54) is 17.4 Å². The highest BCUT2D eigenvalue weighted by Gasteiger charge is 2.45. The number of methoxy groups -OCH3 is 1. The predicted octanol–water partition coefficient (Wildman–Crippen LogP) is 4.97. The normalized spacial score (nSPS) is 17.8. The fourth-order valence-electron chi connectivity index (χ4n) is 3.64. The zero-order valence-electron chi connectivity index (χ0n) is 14.2. The largest absolute Gasteiger partial charge is 0.497 e. The van der Waals surface area contributed by atoms with E-state index in [9.17, 15) is 10.1 Å². The molecular weight excluding hydrogens is 302 g/mol. The third-order valence-electron chi connectivity index (χ3n) is 5.00. The van der Waals surface area contributed by atoms with Crippen LogP contribution in [-0.4, -0.2) is 12.0 Å². The van der Waals surface area contributed by atoms with Gasteiger partial charge in [0.2, 0.25) is 0 Å². The van der Waals surface area contributed by atoms with E-state index < -0.39 is 0 Å². The quantitative estimate of drug-likeness (QED) is 0.589. The first-order valence-corrected chi connectivity index (χ1v) is 8.05. The van der Waals surface area contributed by atoms with Crippen molar-refractivity contribution in [1.29, 1.82) is 0 Å². The van der Waals surface area contributed by atoms with Crippen LogP contribution in [0.5, 0.6) is 5.75 Å². The molecule has 0 aromatic heterocycles. The maximum Gasteiger partial charge on any atom is 0.269 e. The molecule has 0 heterocycles. The van der Waals surface area contributed by atoms with Crippen LogP contribution in [0.1, 0.15) is 37.8 Å². The predicted molar refractivity (Wildman–Crippen MR) is 93.8 cm³/mol. The first kappa shape index (κ1) is 16.5. The van der Waals surface area contributed by atoms with Crippen molar-refractivity contribution in [3.63, 3.8) is 0 Å². The fourth-order valence-corrected chi connectivity index (χ4v) is 3.64. The van der Waals surface area contributed by atoms with Gasteiger partial charge in [0.05, 0.1) is 12.0 Å². The summed E-state index contributed by atoms with van der Waals surface area (Å²) in [5.74, 6) is 3.59. The molecule has 3 rings (SSSR count). The SMILES string of the molecule is COc1ccc([C]2CC[C](c3ccc([N+](=O)[O-])cc3)C2(C)C)cc1. The monoisotopic (exact) mass is 323 g/mol. The summed E-state index contributed by atoms with van der Waals surface area (Å²) in [6.45, 7) is 4.46. The smallest absolute Gasteiger partial charge is 0.269 e. The number of rotatable bonds is 4. The molecule has 0 aliphatic heterocycles. The summed E-state index contributed by atoms with van der Waals surface area (Å²) in [5.41, 5.74) is 2.39. The van der Waals surface area contributed by atoms with E-state index in [4.69, 9.17) is 4.74 Å². The number of nitro benzene ring substituents is 1. The van der Waals surface area contributed by atoms with Crippen LogP contribution in [0, 0.1) is 27.4 Å². The first-order chi connectivity index (χ1) is 11.4. The molecule has 0 unspecified atom stereocenters. The van der Waals surface area contributed by atoms with E-state index in [1.54, 1.807) is 19.2 Å². The van der Waals surface area contributed by atoms with Crippen molar-refractivity contribution in [2.45, 2.75) is 26.7 Å². The molecule has 2 aromatic rings. The van der Waals surface area contributed by atoms with Gasteiger partial charge in [0.25, 0.3) is 5.69 Å². The minimum atomic E-state index is -0.358. The Morgan fingerprint density at radius 3 is 1.79 bits per heavy atom. The Bertz CT molecular complexity index is 720. The van der Waals surface area contributed by atoms with Gasteiger partial charge in [0.15, 0.2) is 0 Å². The van der Waals surface area contributed by atoms with Gasteiger partial charge in [-0.15, -0.1) is 0 Å². The van der Waals surface area contributed by atoms with Gasteiger partial charge in [-0.2, -0.15) is 0 Å². The van der Waals surface area contributed by atoms with Crippen LogP contribution in [0.3, 0.4) is 0 Å². The average Bonchev–Trinajstić information content (AvgIpc) is 2.90. The lowest BCUT2D eigenvalue weighted by Gasteiger charge is -2.33. The first-order valence-electron chi connectivity index (χ1n) is 8.05. The van der Waals surface area contributed by atoms with Gasteiger partial charge in [0, 0.05) is 24.0 Å². The minimum Gasteiger partial charge on any atom is -0.497 e. The number of nitrogens with zero attached hydrogens (tertiary/aromatic N) is 1. The van der Waals surface area contributed by atoms with Gasteiger partial charge in [-0.3, -0.25) is 10.1 Å². The number of hydrogen-bond acceptors (Lipinski definition) is 3. The van der Waals surface area contributed by atoms with Gasteiger partial charge in [-0.05, 0) is 41.5 Å². The highest BCUT2D eigenvalue weighted by molar-refractivity contribution is 5.50. The van der Waals surface area contributed by atoms with Gasteiger partial charge < -0.3 is 4.74 Å². The number of benzene rings is 2. The molecule has 1 aliphatic carbocycles. The van der Waals surface area contributed by atoms with Gasteiger partial charge in [-0.25, -0.2) is 0 Å². The van der Waals surface area contributed by atoms with Crippen LogP contribution in [0.2, 0.25) is 0 Å². The number of non-ortho nitro benzene ring substituents is 1. The van der Waals surface area contributed by atoms with Gasteiger partial charge in [0.1, 0.15) is 5.75 Å². The van der Waals surface area contributed by atoms with Crippen LogP contribution in [0.15, 0.2) is 48.5 Å². The second-order valence-corrected chi connectivity index (χ2v) is 6.61. The summed E-state index contributed by atoms with van der Waals surface area (Å²) in [6, 6.07) is 15.1. The number of hydrogen-bond donors (Lipinski definition) is 0. The molecule has 1 saturated carbocycles. The molecule has 2 radical (unpaired) electrons. The summed E-state index contributed by atoms with van der Waals surface area (Å²) in [4.78, 5) is 10.5. The summed E-state index contributed by atoms with van der Waals surface area (Å²) >= 11 is 0. The number of nitro groups is 1. The average molecular weight is 323 g/mol. The summed E-state index contributed by atoms with van der Waals surface area (Å²) in [7, 11) is 1.67. The van der Waals surface area contributed by atoms with Crippen LogP contribution in [0.25, 0.3) is 0 Å². The van der Waals surface area contributed by atoms with E-state index in [0.29, 0.717) is 0 Å². The maximum atomic E-state index is 10.8. The zero-order chi connectivity index (χ0) is 17.3. The summed E-state index contributed by atoms with van der Waals surface area (Å²) < 4.78 is 5.24. The summed E-state index contributed by atoms with van der Waals surface area (Å²) in [5, 5.41) is 10.8. The van der Waals surface area contributed by atoms with Crippen molar-refractivity contribution >= 4 is 5.69 Å². The fraction of sp³-hybridized carbons (Fsp3) is 0.300. The summed E-state index contributed by atoms with van der Waals surface area (Å²) in [6.07, 6.45) is 1.98. The van der Waals surface area contributed by atoms with Crippen molar-refractivity contribution in [1.82, 2.24) is 0 Å². The molecule has 124 valence electrons. The molecule has 0 saturated heterocycles. The van der Waals surface area contributed by atoms with E-state index in [1.807, 2.05) is 24.3 Å². The van der Waals surface area contributed by atoms with E-state index in [0.717, 1.165) is 24.2 Å². The highest BCUT2D eigenvalue weighted by atomic mass is 16.6. The van der Waals surface area contributed by atoms with Crippen molar-refractivity contribution in [2.75, 3.05) is 7.11 Å². The lowest BCUT2D eigenvalue weighted by Crippen LogP contribution is -2.23. The Morgan fingerprint density at radius 1 is 0.917 bits per heavy atom. The standard InChI is InChI=1S/C20H21NO3/c1-20(2)18(14-4-8-16(9-5-14)21(22)23)12-13-19(20)15-6-10-17(24-3)11-7-15/h4-11H,12-13H2,1-3H3. The van der Waals surface area contributed by atoms with E-state index in [-0.39, 0.29) is 16.0 Å². The molecule has 24 heavy (non-hydrogen) atoms. The molecule has 0 N–H and O–H groups in total. The third-order valence-corrected chi connectivity index (χ3v) is 5.00. The molecular formula is C20H21NO3. The van der Waals surface area contributed by atoms with Crippen molar-refractivity contribution < 1.29 is 9.66 Å². The zero-order valence-corrected chi connectivity index (χ0v) is 14.2. The van der Waals surface area contributed by atoms with Crippen molar-refractivity contribution in [3.05, 3.63) is 81.6 Å². The second-order valence-electron chi connectivity index (χ2n) is 6.61. The van der Waals surface area contributed by atoms with Crippen molar-refractivity contribution in [2.24, 2.45) is 5.41 Å². The number of ether oxygens (including phenoxy) is 1. The molecule has 1 fully saturated rings. The van der Waals surface area contributed by atoms with Crippen LogP contribution >= 0.6 is 0 Å². The van der Waals surface area contributed by atoms with Gasteiger partial charge >= 0.3 is 0 Å². The molecule has 4 heteroatoms. The van der Waals surface area contributed by atoms with Crippen LogP contribution in [-0.2, 0) is 0 Å². The van der Waals surface area contributed by atoms with E-state index in [2.05, 4.69) is 26.0 Å². The third kappa shape index (κ3) is 2.88. The molecule has 1 aliphatic rings. The van der Waals surface area contributed by atoms with E-state index >= 15 is 0 Å². The Labute approximate surface area is 142 Å². The Balaban J connectivity index is 1.85. The second kappa shape index (κ2) is 6.27. The minimum absolute atomic E-state index is 0.0648. The highest BCUT2D eigenvalue weighted by Crippen LogP contribution is 2.55. The Hall–Kier alpha value is -2.36. The molecule has 0 spiro atoms. The Kier molecular flexibility index (Phi) is 4.31. The Morgan fingerprint density at radius 2 is 1.38 bits per heavy atom. The lowest BCUT2D eigenvalue weighted by atomic mass is 9.70. The molecule has 0 atom stereocenters. The van der Waals surface area contributed by atoms with Crippen molar-refractivity contribution in [3.8, 4) is 5.75 Å². The molecule has 4 nitrogen and oxygen atoms in total. The lowest BCUT2D eigenvalue weighted by molar-refractivity contribution is -0.384. The maximum absolute atomic E-state index is 10.8. The molecule has 0 amide bonds. The topological polar surface area (TPSA) is 52.4 Å². The van der Waals surface area contributed by atoms with Gasteiger partial charge in [-0.1, -0.05) is 38.1 Å².